The van der Waals surface area contributed by atoms with E-state index in [0.29, 0.717) is 16.8 Å². The van der Waals surface area contributed by atoms with Crippen LogP contribution in [0.15, 0.2) is 77.6 Å². The Bertz CT molecular complexity index is 1440. The molecule has 2 heterocycles. The minimum absolute atomic E-state index is 0.0710. The number of fused-ring (bicyclic) bond motifs is 4. The first-order valence-electron chi connectivity index (χ1n) is 10.2. The summed E-state index contributed by atoms with van der Waals surface area (Å²) in [6.07, 6.45) is -4.41. The molecule has 3 aromatic carbocycles. The lowest BCUT2D eigenvalue weighted by molar-refractivity contribution is -0.137. The van der Waals surface area contributed by atoms with E-state index in [1.165, 1.54) is 13.0 Å². The van der Waals surface area contributed by atoms with Gasteiger partial charge < -0.3 is 0 Å². The van der Waals surface area contributed by atoms with E-state index >= 15 is 0 Å². The number of aromatic nitrogens is 1. The van der Waals surface area contributed by atoms with Crippen molar-refractivity contribution in [2.45, 2.75) is 25.6 Å². The maximum absolute atomic E-state index is 13.6. The van der Waals surface area contributed by atoms with Crippen molar-refractivity contribution in [3.05, 3.63) is 94.3 Å². The molecule has 1 aliphatic heterocycles. The van der Waals surface area contributed by atoms with Gasteiger partial charge in [0.2, 0.25) is 0 Å². The van der Waals surface area contributed by atoms with Gasteiger partial charge in [0.05, 0.1) is 17.3 Å². The zero-order chi connectivity index (χ0) is 22.6. The first kappa shape index (κ1) is 20.2. The fraction of sp³-hybridized carbons (Fsp3) is 0.154. The van der Waals surface area contributed by atoms with Crippen molar-refractivity contribution in [2.24, 2.45) is 0 Å². The highest BCUT2D eigenvalue weighted by atomic mass is 19.4. The standard InChI is InChI=1S/C26H18F3NO2/c1-15(31)13-22-18-9-5-6-10-19(18)24-23(16-7-3-2-4-8-16)21-14-17(26(27,28)29)11-12-20(21)25(32)30(22)24/h2-12,14,22H,13H2,1H3. The Balaban J connectivity index is 1.98. The van der Waals surface area contributed by atoms with Crippen LogP contribution in [0, 0.1) is 0 Å². The predicted molar refractivity (Wildman–Crippen MR) is 118 cm³/mol. The Morgan fingerprint density at radius 3 is 2.31 bits per heavy atom. The number of Topliss-reactive ketones (excluding diaryl/α,β-unsaturated/α-hetero) is 1. The monoisotopic (exact) mass is 433 g/mol. The number of halogens is 3. The summed E-state index contributed by atoms with van der Waals surface area (Å²) in [5, 5.41) is 0.447. The first-order chi connectivity index (χ1) is 15.3. The van der Waals surface area contributed by atoms with E-state index in [0.717, 1.165) is 23.3 Å². The topological polar surface area (TPSA) is 39.1 Å². The summed E-state index contributed by atoms with van der Waals surface area (Å²) in [4.78, 5) is 25.7. The summed E-state index contributed by atoms with van der Waals surface area (Å²) < 4.78 is 42.2. The molecule has 4 aromatic rings. The van der Waals surface area contributed by atoms with E-state index in [4.69, 9.17) is 0 Å². The molecule has 0 saturated heterocycles. The third kappa shape index (κ3) is 3.06. The highest BCUT2D eigenvalue weighted by Gasteiger charge is 2.35. The number of rotatable bonds is 3. The lowest BCUT2D eigenvalue weighted by Crippen LogP contribution is -2.25. The quantitative estimate of drug-likeness (QED) is 0.384. The summed E-state index contributed by atoms with van der Waals surface area (Å²) in [5.74, 6) is -0.0710. The molecule has 160 valence electrons. The second kappa shape index (κ2) is 7.19. The molecule has 0 radical (unpaired) electrons. The normalized spacial score (nSPS) is 14.9. The van der Waals surface area contributed by atoms with E-state index < -0.39 is 23.3 Å². The molecule has 0 N–H and O–H groups in total. The van der Waals surface area contributed by atoms with E-state index in [2.05, 4.69) is 0 Å². The third-order valence-corrected chi connectivity index (χ3v) is 5.97. The Kier molecular flexibility index (Phi) is 4.55. The minimum atomic E-state index is -4.54. The molecule has 0 amide bonds. The molecule has 0 spiro atoms. The van der Waals surface area contributed by atoms with E-state index in [1.807, 2.05) is 54.6 Å². The summed E-state index contributed by atoms with van der Waals surface area (Å²) in [6, 6.07) is 19.2. The molecule has 0 saturated carbocycles. The SMILES string of the molecule is CC(=O)CC1c2ccccc2-c2c(-c3ccccc3)c3cc(C(F)(F)F)ccc3c(=O)n21. The molecule has 0 aliphatic carbocycles. The molecule has 6 heteroatoms. The van der Waals surface area contributed by atoms with Crippen molar-refractivity contribution < 1.29 is 18.0 Å². The number of ketones is 1. The van der Waals surface area contributed by atoms with Gasteiger partial charge in [-0.1, -0.05) is 54.6 Å². The van der Waals surface area contributed by atoms with Gasteiger partial charge >= 0.3 is 6.18 Å². The van der Waals surface area contributed by atoms with Gasteiger partial charge in [0, 0.05) is 22.9 Å². The Labute approximate surface area is 181 Å². The van der Waals surface area contributed by atoms with Crippen LogP contribution in [0.25, 0.3) is 33.2 Å². The number of alkyl halides is 3. The van der Waals surface area contributed by atoms with Crippen LogP contribution in [0.5, 0.6) is 0 Å². The van der Waals surface area contributed by atoms with Gasteiger partial charge in [-0.25, -0.2) is 0 Å². The van der Waals surface area contributed by atoms with Crippen LogP contribution in [-0.2, 0) is 11.0 Å². The van der Waals surface area contributed by atoms with Crippen LogP contribution >= 0.6 is 0 Å². The second-order valence-corrected chi connectivity index (χ2v) is 8.03. The number of nitrogens with zero attached hydrogens (tertiary/aromatic N) is 1. The largest absolute Gasteiger partial charge is 0.416 e. The van der Waals surface area contributed by atoms with Crippen molar-refractivity contribution in [1.82, 2.24) is 4.57 Å². The Morgan fingerprint density at radius 2 is 1.62 bits per heavy atom. The molecule has 1 atom stereocenters. The van der Waals surface area contributed by atoms with Crippen molar-refractivity contribution in [1.29, 1.82) is 0 Å². The number of benzene rings is 3. The smallest absolute Gasteiger partial charge is 0.300 e. The van der Waals surface area contributed by atoms with Gasteiger partial charge in [-0.15, -0.1) is 0 Å². The van der Waals surface area contributed by atoms with E-state index in [-0.39, 0.29) is 23.0 Å². The summed E-state index contributed by atoms with van der Waals surface area (Å²) in [5.41, 5.74) is 2.19. The predicted octanol–water partition coefficient (Wildman–Crippen LogP) is 6.24. The third-order valence-electron chi connectivity index (χ3n) is 5.97. The van der Waals surface area contributed by atoms with Crippen molar-refractivity contribution in [3.63, 3.8) is 0 Å². The first-order valence-corrected chi connectivity index (χ1v) is 10.2. The average Bonchev–Trinajstić information content (AvgIpc) is 3.08. The van der Waals surface area contributed by atoms with Gasteiger partial charge in [0.1, 0.15) is 5.78 Å². The van der Waals surface area contributed by atoms with Gasteiger partial charge in [0.15, 0.2) is 0 Å². The number of carbonyl (C=O) groups excluding carboxylic acids is 1. The van der Waals surface area contributed by atoms with Gasteiger partial charge in [-0.2, -0.15) is 13.2 Å². The Hall–Kier alpha value is -3.67. The molecule has 5 rings (SSSR count). The highest BCUT2D eigenvalue weighted by Crippen LogP contribution is 2.47. The molecule has 0 fully saturated rings. The lowest BCUT2D eigenvalue weighted by atomic mass is 9.92. The van der Waals surface area contributed by atoms with Crippen LogP contribution in [0.2, 0.25) is 0 Å². The highest BCUT2D eigenvalue weighted by molar-refractivity contribution is 6.04. The molecule has 32 heavy (non-hydrogen) atoms. The van der Waals surface area contributed by atoms with Gasteiger partial charge in [-0.05, 0) is 41.6 Å². The summed E-state index contributed by atoms with van der Waals surface area (Å²) >= 11 is 0. The zero-order valence-corrected chi connectivity index (χ0v) is 17.1. The van der Waals surface area contributed by atoms with Crippen molar-refractivity contribution >= 4 is 16.6 Å². The fourth-order valence-electron chi connectivity index (χ4n) is 4.67. The van der Waals surface area contributed by atoms with Crippen LogP contribution in [0.4, 0.5) is 13.2 Å². The maximum atomic E-state index is 13.6. The molecule has 0 bridgehead atoms. The van der Waals surface area contributed by atoms with Crippen molar-refractivity contribution in [2.75, 3.05) is 0 Å². The van der Waals surface area contributed by atoms with Gasteiger partial charge in [0.25, 0.3) is 5.56 Å². The second-order valence-electron chi connectivity index (χ2n) is 8.03. The summed E-state index contributed by atoms with van der Waals surface area (Å²) in [6.45, 7) is 1.47. The van der Waals surface area contributed by atoms with Crippen LogP contribution < -0.4 is 5.56 Å². The molecule has 3 nitrogen and oxygen atoms in total. The van der Waals surface area contributed by atoms with E-state index in [1.54, 1.807) is 4.57 Å². The molecular formula is C26H18F3NO2. The van der Waals surface area contributed by atoms with Crippen LogP contribution in [0.3, 0.4) is 0 Å². The number of hydrogen-bond donors (Lipinski definition) is 0. The van der Waals surface area contributed by atoms with Crippen molar-refractivity contribution in [3.8, 4) is 22.4 Å². The summed E-state index contributed by atoms with van der Waals surface area (Å²) in [7, 11) is 0. The maximum Gasteiger partial charge on any atom is 0.416 e. The minimum Gasteiger partial charge on any atom is -0.300 e. The average molecular weight is 433 g/mol. The Morgan fingerprint density at radius 1 is 0.938 bits per heavy atom. The molecule has 1 aromatic heterocycles. The number of pyridine rings is 1. The molecule has 1 unspecified atom stereocenters. The fourth-order valence-corrected chi connectivity index (χ4v) is 4.67. The number of hydrogen-bond acceptors (Lipinski definition) is 2. The van der Waals surface area contributed by atoms with Gasteiger partial charge in [-0.3, -0.25) is 14.2 Å². The van der Waals surface area contributed by atoms with Crippen LogP contribution in [0.1, 0.15) is 30.5 Å². The number of carbonyl (C=O) groups is 1. The zero-order valence-electron chi connectivity index (χ0n) is 17.1. The van der Waals surface area contributed by atoms with Crippen LogP contribution in [-0.4, -0.2) is 10.4 Å². The lowest BCUT2D eigenvalue weighted by Gasteiger charge is -2.19. The molecule has 1 aliphatic rings. The molecular weight excluding hydrogens is 415 g/mol. The van der Waals surface area contributed by atoms with E-state index in [9.17, 15) is 22.8 Å².